The van der Waals surface area contributed by atoms with E-state index in [0.717, 1.165) is 65.2 Å². The van der Waals surface area contributed by atoms with Gasteiger partial charge in [-0.25, -0.2) is 0 Å². The van der Waals surface area contributed by atoms with Crippen molar-refractivity contribution in [3.8, 4) is 17.2 Å². The van der Waals surface area contributed by atoms with Crippen LogP contribution in [0.4, 0.5) is 0 Å². The average Bonchev–Trinajstić information content (AvgIpc) is 2.86. The molecule has 2 aromatic carbocycles. The van der Waals surface area contributed by atoms with Crippen LogP contribution in [0.3, 0.4) is 0 Å². The van der Waals surface area contributed by atoms with Crippen molar-refractivity contribution in [2.24, 2.45) is 0 Å². The zero-order valence-electron chi connectivity index (χ0n) is 23.6. The third-order valence-electron chi connectivity index (χ3n) is 7.04. The maximum Gasteiger partial charge on any atom is 0.320 e. The number of likely N-dealkylation sites (N-methyl/N-ethyl adjacent to an activating group) is 1. The molecule has 1 aliphatic rings. The lowest BCUT2D eigenvalue weighted by molar-refractivity contribution is -0.142. The van der Waals surface area contributed by atoms with E-state index in [4.69, 9.17) is 18.9 Å². The van der Waals surface area contributed by atoms with E-state index in [0.29, 0.717) is 25.4 Å². The third-order valence-corrected chi connectivity index (χ3v) is 7.73. The average molecular weight is 591 g/mol. The van der Waals surface area contributed by atoms with Crippen molar-refractivity contribution < 1.29 is 28.5 Å². The van der Waals surface area contributed by atoms with Gasteiger partial charge in [0.05, 0.1) is 6.61 Å². The SMILES string of the molecule is CCOC(=O)C(Br)Cc1ccc(OCCN(C)CC2(C)CCc3c(C)c(OC(C)=O)c(C)c(C)c3O2)cc1. The molecule has 2 atom stereocenters. The van der Waals surface area contributed by atoms with Crippen LogP contribution in [0.1, 0.15) is 55.0 Å². The number of ether oxygens (including phenoxy) is 4. The maximum absolute atomic E-state index is 11.8. The summed E-state index contributed by atoms with van der Waals surface area (Å²) in [6.45, 7) is 13.8. The lowest BCUT2D eigenvalue weighted by atomic mass is 9.87. The van der Waals surface area contributed by atoms with Crippen LogP contribution in [0.25, 0.3) is 0 Å². The molecule has 2 unspecified atom stereocenters. The summed E-state index contributed by atoms with van der Waals surface area (Å²) >= 11 is 3.39. The van der Waals surface area contributed by atoms with Crippen LogP contribution in [0.5, 0.6) is 17.2 Å². The van der Waals surface area contributed by atoms with E-state index in [9.17, 15) is 9.59 Å². The number of esters is 2. The van der Waals surface area contributed by atoms with Gasteiger partial charge in [-0.3, -0.25) is 14.5 Å². The van der Waals surface area contributed by atoms with Crippen LogP contribution in [0.2, 0.25) is 0 Å². The molecule has 0 bridgehead atoms. The lowest BCUT2D eigenvalue weighted by Gasteiger charge is -2.40. The Hall–Kier alpha value is -2.58. The fraction of sp³-hybridized carbons (Fsp3) is 0.533. The quantitative estimate of drug-likeness (QED) is 0.194. The number of benzene rings is 2. The highest BCUT2D eigenvalue weighted by molar-refractivity contribution is 9.10. The highest BCUT2D eigenvalue weighted by atomic mass is 79.9. The highest BCUT2D eigenvalue weighted by Crippen LogP contribution is 2.44. The number of carbonyl (C=O) groups excluding carboxylic acids is 2. The molecule has 7 nitrogen and oxygen atoms in total. The molecule has 0 N–H and O–H groups in total. The van der Waals surface area contributed by atoms with Crippen LogP contribution in [-0.2, 0) is 27.2 Å². The summed E-state index contributed by atoms with van der Waals surface area (Å²) < 4.78 is 23.2. The first-order valence-corrected chi connectivity index (χ1v) is 14.1. The Morgan fingerprint density at radius 1 is 1.13 bits per heavy atom. The zero-order chi connectivity index (χ0) is 28.0. The van der Waals surface area contributed by atoms with Crippen molar-refractivity contribution in [2.45, 2.75) is 71.2 Å². The molecule has 208 valence electrons. The topological polar surface area (TPSA) is 74.3 Å². The lowest BCUT2D eigenvalue weighted by Crippen LogP contribution is -2.47. The van der Waals surface area contributed by atoms with Crippen molar-refractivity contribution in [3.63, 3.8) is 0 Å². The number of carbonyl (C=O) groups is 2. The molecular weight excluding hydrogens is 550 g/mol. The van der Waals surface area contributed by atoms with Crippen molar-refractivity contribution >= 4 is 27.9 Å². The van der Waals surface area contributed by atoms with E-state index in [-0.39, 0.29) is 22.4 Å². The summed E-state index contributed by atoms with van der Waals surface area (Å²) in [5.41, 5.74) is 4.79. The molecule has 8 heteroatoms. The second-order valence-electron chi connectivity index (χ2n) is 10.3. The monoisotopic (exact) mass is 589 g/mol. The summed E-state index contributed by atoms with van der Waals surface area (Å²) in [4.78, 5) is 25.3. The molecule has 2 aromatic rings. The zero-order valence-corrected chi connectivity index (χ0v) is 25.2. The van der Waals surface area contributed by atoms with Crippen molar-refractivity contribution in [1.82, 2.24) is 4.90 Å². The van der Waals surface area contributed by atoms with Gasteiger partial charge in [-0.05, 0) is 95.3 Å². The summed E-state index contributed by atoms with van der Waals surface area (Å²) in [7, 11) is 2.08. The fourth-order valence-electron chi connectivity index (χ4n) is 4.90. The molecule has 0 aromatic heterocycles. The molecule has 0 saturated heterocycles. The van der Waals surface area contributed by atoms with Gasteiger partial charge in [0.2, 0.25) is 0 Å². The minimum Gasteiger partial charge on any atom is -0.492 e. The standard InChI is InChI=1S/C30H40BrNO6/c1-8-35-29(34)26(31)17-23-9-11-24(12-10-23)36-16-15-32(7)18-30(6)14-13-25-21(4)27(37-22(5)33)19(2)20(3)28(25)38-30/h9-12,26H,8,13-18H2,1-7H3. The second kappa shape index (κ2) is 13.0. The Bertz CT molecular complexity index is 1150. The molecule has 0 aliphatic carbocycles. The molecule has 3 rings (SSSR count). The molecule has 1 heterocycles. The Balaban J connectivity index is 1.53. The number of hydrogen-bond acceptors (Lipinski definition) is 7. The number of halogens is 1. The Morgan fingerprint density at radius 2 is 1.82 bits per heavy atom. The van der Waals surface area contributed by atoms with Gasteiger partial charge in [-0.15, -0.1) is 0 Å². The van der Waals surface area contributed by atoms with E-state index in [2.05, 4.69) is 34.8 Å². The molecule has 1 aliphatic heterocycles. The van der Waals surface area contributed by atoms with Gasteiger partial charge in [0, 0.05) is 25.6 Å². The number of alkyl halides is 1. The van der Waals surface area contributed by atoms with Gasteiger partial charge in [-0.2, -0.15) is 0 Å². The number of hydrogen-bond donors (Lipinski definition) is 0. The number of fused-ring (bicyclic) bond motifs is 1. The van der Waals surface area contributed by atoms with E-state index >= 15 is 0 Å². The van der Waals surface area contributed by atoms with Gasteiger partial charge >= 0.3 is 11.9 Å². The van der Waals surface area contributed by atoms with E-state index in [1.807, 2.05) is 45.0 Å². The molecular formula is C30H40BrNO6. The van der Waals surface area contributed by atoms with Crippen molar-refractivity contribution in [2.75, 3.05) is 33.4 Å². The molecule has 0 saturated carbocycles. The third kappa shape index (κ3) is 7.50. The number of nitrogens with zero attached hydrogens (tertiary/aromatic N) is 1. The van der Waals surface area contributed by atoms with Gasteiger partial charge in [0.25, 0.3) is 0 Å². The Kier molecular flexibility index (Phi) is 10.2. The Morgan fingerprint density at radius 3 is 2.45 bits per heavy atom. The van der Waals surface area contributed by atoms with Gasteiger partial charge in [0.1, 0.15) is 34.3 Å². The second-order valence-corrected chi connectivity index (χ2v) is 11.4. The van der Waals surface area contributed by atoms with Crippen LogP contribution in [0.15, 0.2) is 24.3 Å². The van der Waals surface area contributed by atoms with Gasteiger partial charge in [0.15, 0.2) is 0 Å². The van der Waals surface area contributed by atoms with Gasteiger partial charge < -0.3 is 18.9 Å². The minimum absolute atomic E-state index is 0.248. The van der Waals surface area contributed by atoms with E-state index in [1.165, 1.54) is 6.92 Å². The maximum atomic E-state index is 11.8. The first-order valence-electron chi connectivity index (χ1n) is 13.1. The normalized spacial score (nSPS) is 17.4. The van der Waals surface area contributed by atoms with Crippen LogP contribution in [0, 0.1) is 20.8 Å². The van der Waals surface area contributed by atoms with Gasteiger partial charge in [-0.1, -0.05) is 28.1 Å². The molecule has 0 spiro atoms. The smallest absolute Gasteiger partial charge is 0.320 e. The van der Waals surface area contributed by atoms with E-state index in [1.54, 1.807) is 6.92 Å². The minimum atomic E-state index is -0.356. The summed E-state index contributed by atoms with van der Waals surface area (Å²) in [6, 6.07) is 7.81. The van der Waals surface area contributed by atoms with Crippen LogP contribution < -0.4 is 14.2 Å². The van der Waals surface area contributed by atoms with Crippen LogP contribution in [-0.4, -0.2) is 60.6 Å². The largest absolute Gasteiger partial charge is 0.492 e. The van der Waals surface area contributed by atoms with E-state index < -0.39 is 0 Å². The first-order chi connectivity index (χ1) is 17.9. The first kappa shape index (κ1) is 30.0. The highest BCUT2D eigenvalue weighted by Gasteiger charge is 2.35. The number of rotatable bonds is 11. The Labute approximate surface area is 234 Å². The van der Waals surface area contributed by atoms with Crippen molar-refractivity contribution in [1.29, 1.82) is 0 Å². The molecule has 0 amide bonds. The molecule has 38 heavy (non-hydrogen) atoms. The summed E-state index contributed by atoms with van der Waals surface area (Å²) in [6.07, 6.45) is 2.30. The van der Waals surface area contributed by atoms with Crippen LogP contribution >= 0.6 is 15.9 Å². The predicted octanol–water partition coefficient (Wildman–Crippen LogP) is 5.50. The molecule has 0 radical (unpaired) electrons. The summed E-state index contributed by atoms with van der Waals surface area (Å²) in [5, 5.41) is 0. The van der Waals surface area contributed by atoms with Crippen molar-refractivity contribution in [3.05, 3.63) is 52.1 Å². The summed E-state index contributed by atoms with van der Waals surface area (Å²) in [5.74, 6) is 1.82. The predicted molar refractivity (Wildman–Crippen MR) is 152 cm³/mol. The molecule has 0 fully saturated rings. The fourth-order valence-corrected chi connectivity index (χ4v) is 5.41.